The topological polar surface area (TPSA) is 103 Å². The molecule has 0 atom stereocenters. The zero-order chi connectivity index (χ0) is 26.7. The molecule has 2 heterocycles. The van der Waals surface area contributed by atoms with Gasteiger partial charge in [0.1, 0.15) is 0 Å². The van der Waals surface area contributed by atoms with Crippen LogP contribution in [0, 0.1) is 0 Å². The lowest BCUT2D eigenvalue weighted by Gasteiger charge is -2.27. The van der Waals surface area contributed by atoms with Gasteiger partial charge in [-0.15, -0.1) is 0 Å². The van der Waals surface area contributed by atoms with E-state index >= 15 is 0 Å². The Hall–Kier alpha value is -3.66. The van der Waals surface area contributed by atoms with E-state index in [-0.39, 0.29) is 5.91 Å². The molecule has 1 fully saturated rings. The molecule has 5 rings (SSSR count). The fourth-order valence-electron chi connectivity index (χ4n) is 4.61. The van der Waals surface area contributed by atoms with Gasteiger partial charge in [0, 0.05) is 55.3 Å². The lowest BCUT2D eigenvalue weighted by Crippen LogP contribution is -2.42. The SMILES string of the molecule is CC(C)S(=O)(=O)Nc1ccc2c(c1)/C(=C(/Nc1ccc(CN3CCNCC3)cc1)c1ccccc1)C(=O)N2. The van der Waals surface area contributed by atoms with Gasteiger partial charge in [0.05, 0.1) is 16.5 Å². The van der Waals surface area contributed by atoms with Crippen LogP contribution in [0.25, 0.3) is 11.3 Å². The second-order valence-corrected chi connectivity index (χ2v) is 12.1. The molecule has 38 heavy (non-hydrogen) atoms. The van der Waals surface area contributed by atoms with Crippen LogP contribution < -0.4 is 20.7 Å². The third kappa shape index (κ3) is 5.75. The summed E-state index contributed by atoms with van der Waals surface area (Å²) in [5.74, 6) is -0.245. The second kappa shape index (κ2) is 11.0. The van der Waals surface area contributed by atoms with Crippen molar-refractivity contribution in [3.8, 4) is 0 Å². The normalized spacial score (nSPS) is 17.2. The van der Waals surface area contributed by atoms with Crippen molar-refractivity contribution in [1.29, 1.82) is 0 Å². The quantitative estimate of drug-likeness (QED) is 0.326. The van der Waals surface area contributed by atoms with Crippen molar-refractivity contribution in [2.75, 3.05) is 41.5 Å². The molecule has 0 spiro atoms. The summed E-state index contributed by atoms with van der Waals surface area (Å²) in [7, 11) is -3.53. The maximum absolute atomic E-state index is 13.3. The van der Waals surface area contributed by atoms with Gasteiger partial charge in [-0.3, -0.25) is 14.4 Å². The van der Waals surface area contributed by atoms with E-state index in [1.807, 2.05) is 42.5 Å². The number of piperazine rings is 1. The Bertz CT molecular complexity index is 1450. The molecule has 0 radical (unpaired) electrons. The lowest BCUT2D eigenvalue weighted by molar-refractivity contribution is -0.110. The predicted octanol–water partition coefficient (Wildman–Crippen LogP) is 4.17. The summed E-state index contributed by atoms with van der Waals surface area (Å²) in [6.45, 7) is 8.24. The van der Waals surface area contributed by atoms with Crippen molar-refractivity contribution in [2.24, 2.45) is 0 Å². The fourth-order valence-corrected chi connectivity index (χ4v) is 5.30. The summed E-state index contributed by atoms with van der Waals surface area (Å²) >= 11 is 0. The van der Waals surface area contributed by atoms with Gasteiger partial charge in [0.15, 0.2) is 0 Å². The average molecular weight is 532 g/mol. The van der Waals surface area contributed by atoms with Crippen LogP contribution in [0.5, 0.6) is 0 Å². The van der Waals surface area contributed by atoms with E-state index in [4.69, 9.17) is 0 Å². The van der Waals surface area contributed by atoms with Crippen LogP contribution in [0.4, 0.5) is 17.1 Å². The van der Waals surface area contributed by atoms with Crippen molar-refractivity contribution in [3.63, 3.8) is 0 Å². The van der Waals surface area contributed by atoms with Crippen molar-refractivity contribution in [1.82, 2.24) is 10.2 Å². The molecule has 3 aromatic rings. The Labute approximate surface area is 224 Å². The molecule has 198 valence electrons. The molecule has 2 aliphatic heterocycles. The second-order valence-electron chi connectivity index (χ2n) is 9.87. The molecule has 2 aliphatic rings. The van der Waals surface area contributed by atoms with Gasteiger partial charge >= 0.3 is 0 Å². The number of nitrogens with zero attached hydrogens (tertiary/aromatic N) is 1. The first-order valence-corrected chi connectivity index (χ1v) is 14.4. The number of amides is 1. The molecule has 4 N–H and O–H groups in total. The van der Waals surface area contributed by atoms with Gasteiger partial charge in [-0.25, -0.2) is 8.42 Å². The predicted molar refractivity (Wildman–Crippen MR) is 154 cm³/mol. The van der Waals surface area contributed by atoms with E-state index in [1.54, 1.807) is 32.0 Å². The first-order valence-electron chi connectivity index (χ1n) is 12.9. The Balaban J connectivity index is 1.49. The molecular formula is C29H33N5O3S. The van der Waals surface area contributed by atoms with Gasteiger partial charge in [-0.05, 0) is 55.3 Å². The summed E-state index contributed by atoms with van der Waals surface area (Å²) in [5, 5.41) is 9.21. The number of rotatable bonds is 8. The van der Waals surface area contributed by atoms with Gasteiger partial charge in [-0.1, -0.05) is 42.5 Å². The van der Waals surface area contributed by atoms with Crippen LogP contribution >= 0.6 is 0 Å². The monoisotopic (exact) mass is 531 g/mol. The zero-order valence-electron chi connectivity index (χ0n) is 21.6. The standard InChI is InChI=1S/C29H33N5O3S/c1-20(2)38(36,37)33-24-12-13-26-25(18-24)27(29(35)32-26)28(22-6-4-3-5-7-22)31-23-10-8-21(9-11-23)19-34-16-14-30-15-17-34/h3-13,18,20,30-31,33H,14-17,19H2,1-2H3,(H,32,35)/b28-27-. The zero-order valence-corrected chi connectivity index (χ0v) is 22.4. The molecule has 3 aromatic carbocycles. The maximum atomic E-state index is 13.3. The molecule has 9 heteroatoms. The Morgan fingerprint density at radius 2 is 1.63 bits per heavy atom. The Morgan fingerprint density at radius 3 is 2.32 bits per heavy atom. The Kier molecular flexibility index (Phi) is 7.51. The number of hydrogen-bond donors (Lipinski definition) is 4. The van der Waals surface area contributed by atoms with E-state index < -0.39 is 15.3 Å². The minimum Gasteiger partial charge on any atom is -0.354 e. The highest BCUT2D eigenvalue weighted by Gasteiger charge is 2.29. The molecule has 1 saturated heterocycles. The van der Waals surface area contributed by atoms with Gasteiger partial charge in [0.25, 0.3) is 5.91 Å². The number of fused-ring (bicyclic) bond motifs is 1. The van der Waals surface area contributed by atoms with Crippen molar-refractivity contribution in [3.05, 3.63) is 89.5 Å². The van der Waals surface area contributed by atoms with E-state index in [9.17, 15) is 13.2 Å². The number of sulfonamides is 1. The highest BCUT2D eigenvalue weighted by molar-refractivity contribution is 7.93. The first kappa shape index (κ1) is 26.0. The molecule has 0 bridgehead atoms. The molecule has 0 saturated carbocycles. The van der Waals surface area contributed by atoms with Gasteiger partial charge in [-0.2, -0.15) is 0 Å². The summed E-state index contributed by atoms with van der Waals surface area (Å²) < 4.78 is 27.6. The summed E-state index contributed by atoms with van der Waals surface area (Å²) in [6, 6.07) is 23.1. The third-order valence-corrected chi connectivity index (χ3v) is 8.56. The van der Waals surface area contributed by atoms with Crippen LogP contribution in [0.1, 0.15) is 30.5 Å². The summed E-state index contributed by atoms with van der Waals surface area (Å²) in [4.78, 5) is 15.7. The van der Waals surface area contributed by atoms with E-state index in [2.05, 4.69) is 37.7 Å². The number of hydrogen-bond acceptors (Lipinski definition) is 6. The first-order chi connectivity index (χ1) is 18.3. The number of nitrogens with one attached hydrogen (secondary N) is 4. The molecule has 1 amide bonds. The molecule has 0 aromatic heterocycles. The minimum atomic E-state index is -3.53. The molecule has 8 nitrogen and oxygen atoms in total. The van der Waals surface area contributed by atoms with Gasteiger partial charge < -0.3 is 16.0 Å². The highest BCUT2D eigenvalue weighted by atomic mass is 32.2. The largest absolute Gasteiger partial charge is 0.354 e. The number of carbonyl (C=O) groups is 1. The van der Waals surface area contributed by atoms with E-state index in [0.29, 0.717) is 28.2 Å². The molecule has 0 unspecified atom stereocenters. The smallest absolute Gasteiger partial charge is 0.258 e. The minimum absolute atomic E-state index is 0.245. The number of carbonyl (C=O) groups excluding carboxylic acids is 1. The summed E-state index contributed by atoms with van der Waals surface area (Å²) in [5.41, 5.74) is 5.75. The van der Waals surface area contributed by atoms with Gasteiger partial charge in [0.2, 0.25) is 10.0 Å². The van der Waals surface area contributed by atoms with Crippen molar-refractivity contribution < 1.29 is 13.2 Å². The number of anilines is 3. The van der Waals surface area contributed by atoms with Crippen molar-refractivity contribution >= 4 is 44.3 Å². The van der Waals surface area contributed by atoms with Crippen LogP contribution in [-0.4, -0.2) is 50.7 Å². The van der Waals surface area contributed by atoms with Crippen LogP contribution in [0.3, 0.4) is 0 Å². The van der Waals surface area contributed by atoms with Crippen LogP contribution in [0.2, 0.25) is 0 Å². The lowest BCUT2D eigenvalue weighted by atomic mass is 9.99. The van der Waals surface area contributed by atoms with Crippen molar-refractivity contribution in [2.45, 2.75) is 25.6 Å². The summed E-state index contributed by atoms with van der Waals surface area (Å²) in [6.07, 6.45) is 0. The van der Waals surface area contributed by atoms with E-state index in [1.165, 1.54) is 5.56 Å². The highest BCUT2D eigenvalue weighted by Crippen LogP contribution is 2.39. The molecular weight excluding hydrogens is 498 g/mol. The third-order valence-electron chi connectivity index (χ3n) is 6.80. The van der Waals surface area contributed by atoms with Crippen LogP contribution in [-0.2, 0) is 21.4 Å². The molecule has 0 aliphatic carbocycles. The average Bonchev–Trinajstić information content (AvgIpc) is 3.24. The Morgan fingerprint density at radius 1 is 0.947 bits per heavy atom. The fraction of sp³-hybridized carbons (Fsp3) is 0.276. The maximum Gasteiger partial charge on any atom is 0.258 e. The number of benzene rings is 3. The van der Waals surface area contributed by atoms with Crippen LogP contribution in [0.15, 0.2) is 72.8 Å². The van der Waals surface area contributed by atoms with E-state index in [0.717, 1.165) is 44.0 Å².